The van der Waals surface area contributed by atoms with E-state index in [1.165, 1.54) is 0 Å². The fourth-order valence-corrected chi connectivity index (χ4v) is 2.48. The van der Waals surface area contributed by atoms with Gasteiger partial charge in [-0.3, -0.25) is 4.72 Å². The van der Waals surface area contributed by atoms with Crippen molar-refractivity contribution in [3.63, 3.8) is 0 Å². The molecule has 2 unspecified atom stereocenters. The van der Waals surface area contributed by atoms with Crippen molar-refractivity contribution in [2.75, 3.05) is 17.1 Å². The number of hydrogen-bond acceptors (Lipinski definition) is 4. The summed E-state index contributed by atoms with van der Waals surface area (Å²) < 4.78 is 25.4. The quantitative estimate of drug-likeness (QED) is 0.685. The summed E-state index contributed by atoms with van der Waals surface area (Å²) in [6, 6.07) is 7.44. The van der Waals surface area contributed by atoms with Crippen LogP contribution in [0.3, 0.4) is 0 Å². The fraction of sp³-hybridized carbons (Fsp3) is 0.571. The first-order valence-corrected chi connectivity index (χ1v) is 8.54. The maximum atomic E-state index is 11.5. The molecule has 1 aromatic carbocycles. The number of rotatable bonds is 8. The summed E-state index contributed by atoms with van der Waals surface area (Å²) in [6.07, 6.45) is 0.856. The minimum absolute atomic E-state index is 0.0569. The van der Waals surface area contributed by atoms with Crippen molar-refractivity contribution >= 4 is 15.7 Å². The van der Waals surface area contributed by atoms with E-state index in [9.17, 15) is 13.5 Å². The Labute approximate surface area is 121 Å². The Kier molecular flexibility index (Phi) is 6.45. The van der Waals surface area contributed by atoms with Gasteiger partial charge in [-0.1, -0.05) is 19.1 Å². The van der Waals surface area contributed by atoms with E-state index in [1.54, 1.807) is 19.1 Å². The van der Waals surface area contributed by atoms with Crippen molar-refractivity contribution < 1.29 is 13.5 Å². The molecule has 6 heteroatoms. The summed E-state index contributed by atoms with van der Waals surface area (Å²) in [7, 11) is -3.23. The van der Waals surface area contributed by atoms with Crippen molar-refractivity contribution in [2.45, 2.75) is 39.3 Å². The zero-order valence-corrected chi connectivity index (χ0v) is 13.1. The summed E-state index contributed by atoms with van der Waals surface area (Å²) in [5.74, 6) is 0.0569. The van der Waals surface area contributed by atoms with E-state index in [0.29, 0.717) is 5.69 Å². The number of aliphatic hydroxyl groups is 1. The molecular weight excluding hydrogens is 276 g/mol. The van der Waals surface area contributed by atoms with Crippen LogP contribution in [0.1, 0.15) is 38.8 Å². The third kappa shape index (κ3) is 5.11. The van der Waals surface area contributed by atoms with Crippen LogP contribution < -0.4 is 10.0 Å². The molecule has 0 aliphatic heterocycles. The highest BCUT2D eigenvalue weighted by molar-refractivity contribution is 7.92. The van der Waals surface area contributed by atoms with Crippen molar-refractivity contribution in [1.82, 2.24) is 5.32 Å². The first-order valence-electron chi connectivity index (χ1n) is 6.89. The van der Waals surface area contributed by atoms with E-state index in [1.807, 2.05) is 26.0 Å². The number of sulfonamides is 1. The molecule has 0 spiro atoms. The van der Waals surface area contributed by atoms with Crippen LogP contribution in [0.2, 0.25) is 0 Å². The second-order valence-corrected chi connectivity index (χ2v) is 6.81. The predicted octanol–water partition coefficient (Wildman–Crippen LogP) is 1.87. The normalized spacial score (nSPS) is 14.8. The van der Waals surface area contributed by atoms with E-state index < -0.39 is 10.0 Å². The van der Waals surface area contributed by atoms with Crippen molar-refractivity contribution in [3.05, 3.63) is 29.8 Å². The second-order valence-electron chi connectivity index (χ2n) is 4.80. The lowest BCUT2D eigenvalue weighted by atomic mass is 10.1. The standard InChI is InChI=1S/C14H24N2O3S/c1-4-13(10-17)15-11(3)12-6-8-14(9-7-12)16-20(18,19)5-2/h6-9,11,13,15-17H,4-5,10H2,1-3H3. The van der Waals surface area contributed by atoms with Crippen LogP contribution in [-0.4, -0.2) is 31.9 Å². The molecule has 0 bridgehead atoms. The largest absolute Gasteiger partial charge is 0.395 e. The Morgan fingerprint density at radius 1 is 1.20 bits per heavy atom. The van der Waals surface area contributed by atoms with Crippen LogP contribution in [0.4, 0.5) is 5.69 Å². The summed E-state index contributed by atoms with van der Waals surface area (Å²) in [5, 5.41) is 12.5. The zero-order valence-electron chi connectivity index (χ0n) is 12.3. The molecule has 0 saturated heterocycles. The molecule has 0 aromatic heterocycles. The highest BCUT2D eigenvalue weighted by Crippen LogP contribution is 2.17. The van der Waals surface area contributed by atoms with Crippen LogP contribution >= 0.6 is 0 Å². The van der Waals surface area contributed by atoms with Gasteiger partial charge >= 0.3 is 0 Å². The monoisotopic (exact) mass is 300 g/mol. The molecule has 0 amide bonds. The molecule has 1 aromatic rings. The Balaban J connectivity index is 2.71. The lowest BCUT2D eigenvalue weighted by Crippen LogP contribution is -2.33. The minimum atomic E-state index is -3.23. The third-order valence-electron chi connectivity index (χ3n) is 3.26. The minimum Gasteiger partial charge on any atom is -0.395 e. The molecule has 2 atom stereocenters. The predicted molar refractivity (Wildman–Crippen MR) is 82.2 cm³/mol. The highest BCUT2D eigenvalue weighted by Gasteiger charge is 2.11. The van der Waals surface area contributed by atoms with Crippen molar-refractivity contribution in [3.8, 4) is 0 Å². The fourth-order valence-electron chi connectivity index (χ4n) is 1.84. The highest BCUT2D eigenvalue weighted by atomic mass is 32.2. The Morgan fingerprint density at radius 3 is 2.25 bits per heavy atom. The molecule has 0 saturated carbocycles. The summed E-state index contributed by atoms with van der Waals surface area (Å²) in [5.41, 5.74) is 1.62. The average Bonchev–Trinajstić information content (AvgIpc) is 2.45. The van der Waals surface area contributed by atoms with Gasteiger partial charge in [-0.2, -0.15) is 0 Å². The Morgan fingerprint density at radius 2 is 1.80 bits per heavy atom. The van der Waals surface area contributed by atoms with Gasteiger partial charge in [-0.15, -0.1) is 0 Å². The van der Waals surface area contributed by atoms with Gasteiger partial charge < -0.3 is 10.4 Å². The van der Waals surface area contributed by atoms with Gasteiger partial charge in [-0.25, -0.2) is 8.42 Å². The molecule has 114 valence electrons. The van der Waals surface area contributed by atoms with E-state index in [4.69, 9.17) is 0 Å². The van der Waals surface area contributed by atoms with E-state index in [0.717, 1.165) is 12.0 Å². The maximum absolute atomic E-state index is 11.5. The smallest absolute Gasteiger partial charge is 0.232 e. The summed E-state index contributed by atoms with van der Waals surface area (Å²) >= 11 is 0. The number of aliphatic hydroxyl groups excluding tert-OH is 1. The SMILES string of the molecule is CCC(CO)NC(C)c1ccc(NS(=O)(=O)CC)cc1. The Bertz CT molecular complexity index is 496. The van der Waals surface area contributed by atoms with Gasteiger partial charge in [0.1, 0.15) is 0 Å². The molecule has 3 N–H and O–H groups in total. The molecular formula is C14H24N2O3S. The number of nitrogens with one attached hydrogen (secondary N) is 2. The first kappa shape index (κ1) is 16.9. The van der Waals surface area contributed by atoms with Gasteiger partial charge in [-0.05, 0) is 38.0 Å². The lowest BCUT2D eigenvalue weighted by molar-refractivity contribution is 0.230. The molecule has 1 rings (SSSR count). The van der Waals surface area contributed by atoms with Gasteiger partial charge in [0.25, 0.3) is 0 Å². The molecule has 5 nitrogen and oxygen atoms in total. The summed E-state index contributed by atoms with van der Waals surface area (Å²) in [6.45, 7) is 5.74. The second kappa shape index (κ2) is 7.61. The van der Waals surface area contributed by atoms with Gasteiger partial charge in [0.2, 0.25) is 10.0 Å². The van der Waals surface area contributed by atoms with Crippen LogP contribution in [0.5, 0.6) is 0 Å². The van der Waals surface area contributed by atoms with E-state index in [2.05, 4.69) is 10.0 Å². The average molecular weight is 300 g/mol. The zero-order chi connectivity index (χ0) is 15.2. The number of benzene rings is 1. The van der Waals surface area contributed by atoms with E-state index in [-0.39, 0.29) is 24.4 Å². The molecule has 0 fully saturated rings. The molecule has 0 radical (unpaired) electrons. The lowest BCUT2D eigenvalue weighted by Gasteiger charge is -2.21. The van der Waals surface area contributed by atoms with Crippen molar-refractivity contribution in [2.24, 2.45) is 0 Å². The molecule has 0 aliphatic rings. The number of hydrogen-bond donors (Lipinski definition) is 3. The van der Waals surface area contributed by atoms with E-state index >= 15 is 0 Å². The van der Waals surface area contributed by atoms with Crippen LogP contribution in [0, 0.1) is 0 Å². The number of anilines is 1. The first-order chi connectivity index (χ1) is 9.41. The molecule has 0 heterocycles. The van der Waals surface area contributed by atoms with Crippen LogP contribution in [0.25, 0.3) is 0 Å². The van der Waals surface area contributed by atoms with Crippen LogP contribution in [-0.2, 0) is 10.0 Å². The topological polar surface area (TPSA) is 78.4 Å². The van der Waals surface area contributed by atoms with Crippen molar-refractivity contribution in [1.29, 1.82) is 0 Å². The van der Waals surface area contributed by atoms with Gasteiger partial charge in [0.15, 0.2) is 0 Å². The summed E-state index contributed by atoms with van der Waals surface area (Å²) in [4.78, 5) is 0. The third-order valence-corrected chi connectivity index (χ3v) is 4.57. The Hall–Kier alpha value is -1.11. The maximum Gasteiger partial charge on any atom is 0.232 e. The molecule has 20 heavy (non-hydrogen) atoms. The van der Waals surface area contributed by atoms with Gasteiger partial charge in [0, 0.05) is 17.8 Å². The van der Waals surface area contributed by atoms with Crippen LogP contribution in [0.15, 0.2) is 24.3 Å². The van der Waals surface area contributed by atoms with Gasteiger partial charge in [0.05, 0.1) is 12.4 Å². The molecule has 0 aliphatic carbocycles.